The number of hydrogen-bond acceptors (Lipinski definition) is 4. The maximum atomic E-state index is 10.7. The molecule has 0 unspecified atom stereocenters. The highest BCUT2D eigenvalue weighted by molar-refractivity contribution is 8.12. The molecule has 0 aliphatic heterocycles. The fraction of sp³-hybridized carbons (Fsp3) is 0. The lowest BCUT2D eigenvalue weighted by molar-refractivity contribution is 0.109. The van der Waals surface area contributed by atoms with E-state index < -0.39 is 0 Å². The lowest BCUT2D eigenvalue weighted by Crippen LogP contribution is -1.92. The molecule has 1 rings (SSSR count). The summed E-state index contributed by atoms with van der Waals surface area (Å²) in [5, 5.41) is 6.82. The SMILES string of the molecule is NSC(=O)c1cccs1. The van der Waals surface area contributed by atoms with Crippen LogP contribution in [0.3, 0.4) is 0 Å². The summed E-state index contributed by atoms with van der Waals surface area (Å²) < 4.78 is 0. The second-order valence-corrected chi connectivity index (χ2v) is 2.94. The number of carbonyl (C=O) groups excluding carboxylic acids is 1. The summed E-state index contributed by atoms with van der Waals surface area (Å²) in [5.41, 5.74) is 0. The van der Waals surface area contributed by atoms with E-state index in [2.05, 4.69) is 0 Å². The van der Waals surface area contributed by atoms with Gasteiger partial charge in [-0.25, -0.2) is 0 Å². The van der Waals surface area contributed by atoms with Crippen molar-refractivity contribution in [2.45, 2.75) is 0 Å². The van der Waals surface area contributed by atoms with E-state index in [9.17, 15) is 4.79 Å². The molecule has 0 amide bonds. The molecule has 9 heavy (non-hydrogen) atoms. The lowest BCUT2D eigenvalue weighted by atomic mass is 10.5. The summed E-state index contributed by atoms with van der Waals surface area (Å²) in [4.78, 5) is 11.4. The van der Waals surface area contributed by atoms with Gasteiger partial charge in [-0.1, -0.05) is 6.07 Å². The van der Waals surface area contributed by atoms with Crippen molar-refractivity contribution >= 4 is 28.4 Å². The van der Waals surface area contributed by atoms with E-state index in [1.807, 2.05) is 11.4 Å². The molecule has 0 aromatic carbocycles. The van der Waals surface area contributed by atoms with Gasteiger partial charge >= 0.3 is 0 Å². The molecule has 1 aromatic rings. The minimum absolute atomic E-state index is 0.0648. The largest absolute Gasteiger partial charge is 0.279 e. The van der Waals surface area contributed by atoms with Crippen LogP contribution in [0.4, 0.5) is 0 Å². The highest BCUT2D eigenvalue weighted by Crippen LogP contribution is 2.12. The van der Waals surface area contributed by atoms with Crippen LogP contribution in [0.15, 0.2) is 17.5 Å². The van der Waals surface area contributed by atoms with Gasteiger partial charge < -0.3 is 0 Å². The van der Waals surface area contributed by atoms with Gasteiger partial charge in [-0.15, -0.1) is 11.3 Å². The summed E-state index contributed by atoms with van der Waals surface area (Å²) in [5.74, 6) is 0. The third kappa shape index (κ3) is 1.54. The summed E-state index contributed by atoms with van der Waals surface area (Å²) in [6.07, 6.45) is 0. The molecule has 2 N–H and O–H groups in total. The summed E-state index contributed by atoms with van der Waals surface area (Å²) in [6.45, 7) is 0. The summed E-state index contributed by atoms with van der Waals surface area (Å²) in [7, 11) is 0. The summed E-state index contributed by atoms with van der Waals surface area (Å²) in [6, 6.07) is 3.58. The molecule has 0 bridgehead atoms. The third-order valence-corrected chi connectivity index (χ3v) is 2.26. The van der Waals surface area contributed by atoms with Gasteiger partial charge in [-0.3, -0.25) is 9.93 Å². The van der Waals surface area contributed by atoms with Gasteiger partial charge in [0.05, 0.1) is 4.88 Å². The fourth-order valence-corrected chi connectivity index (χ4v) is 1.48. The van der Waals surface area contributed by atoms with Gasteiger partial charge in [0.15, 0.2) is 0 Å². The Morgan fingerprint density at radius 1 is 1.78 bits per heavy atom. The average Bonchev–Trinajstić information content (AvgIpc) is 2.37. The quantitative estimate of drug-likeness (QED) is 0.631. The van der Waals surface area contributed by atoms with E-state index >= 15 is 0 Å². The highest BCUT2D eigenvalue weighted by atomic mass is 32.2. The van der Waals surface area contributed by atoms with Gasteiger partial charge in [-0.05, 0) is 23.4 Å². The van der Waals surface area contributed by atoms with E-state index in [0.717, 1.165) is 11.9 Å². The maximum absolute atomic E-state index is 10.7. The molecule has 48 valence electrons. The zero-order valence-corrected chi connectivity index (χ0v) is 6.17. The van der Waals surface area contributed by atoms with Crippen LogP contribution in [0.5, 0.6) is 0 Å². The van der Waals surface area contributed by atoms with Crippen molar-refractivity contribution in [1.29, 1.82) is 0 Å². The van der Waals surface area contributed by atoms with Crippen LogP contribution in [-0.2, 0) is 0 Å². The highest BCUT2D eigenvalue weighted by Gasteiger charge is 2.02. The third-order valence-electron chi connectivity index (χ3n) is 0.829. The summed E-state index contributed by atoms with van der Waals surface area (Å²) >= 11 is 2.16. The van der Waals surface area contributed by atoms with Crippen LogP contribution >= 0.6 is 23.3 Å². The molecule has 0 saturated carbocycles. The topological polar surface area (TPSA) is 43.1 Å². The standard InChI is InChI=1S/C5H5NOS2/c6-9-5(7)4-2-1-3-8-4/h1-3H,6H2. The van der Waals surface area contributed by atoms with Gasteiger partial charge in [0.25, 0.3) is 0 Å². The first kappa shape index (κ1) is 6.80. The van der Waals surface area contributed by atoms with Crippen LogP contribution in [0.2, 0.25) is 0 Å². The molecule has 0 atom stereocenters. The van der Waals surface area contributed by atoms with Crippen LogP contribution in [0, 0.1) is 0 Å². The van der Waals surface area contributed by atoms with E-state index in [0.29, 0.717) is 4.88 Å². The van der Waals surface area contributed by atoms with Crippen molar-refractivity contribution in [1.82, 2.24) is 0 Å². The monoisotopic (exact) mass is 159 g/mol. The van der Waals surface area contributed by atoms with Crippen LogP contribution < -0.4 is 5.14 Å². The molecule has 0 fully saturated rings. The smallest absolute Gasteiger partial charge is 0.243 e. The molecule has 0 saturated heterocycles. The second kappa shape index (κ2) is 3.00. The van der Waals surface area contributed by atoms with Gasteiger partial charge in [-0.2, -0.15) is 0 Å². The lowest BCUT2D eigenvalue weighted by Gasteiger charge is -1.85. The molecule has 2 nitrogen and oxygen atoms in total. The Labute approximate surface area is 61.2 Å². The molecule has 0 radical (unpaired) electrons. The van der Waals surface area contributed by atoms with Crippen molar-refractivity contribution < 1.29 is 4.79 Å². The van der Waals surface area contributed by atoms with E-state index in [1.54, 1.807) is 6.07 Å². The second-order valence-electron chi connectivity index (χ2n) is 1.38. The number of nitrogens with two attached hydrogens (primary N) is 1. The first-order valence-corrected chi connectivity index (χ1v) is 4.05. The predicted molar refractivity (Wildman–Crippen MR) is 40.4 cm³/mol. The van der Waals surface area contributed by atoms with Gasteiger partial charge in [0.2, 0.25) is 5.12 Å². The number of thiophene rings is 1. The average molecular weight is 159 g/mol. The first-order chi connectivity index (χ1) is 4.34. The van der Waals surface area contributed by atoms with E-state index in [4.69, 9.17) is 5.14 Å². The minimum atomic E-state index is -0.0648. The van der Waals surface area contributed by atoms with Crippen molar-refractivity contribution in [3.63, 3.8) is 0 Å². The molecule has 0 aliphatic rings. The molecule has 0 spiro atoms. The number of carbonyl (C=O) groups is 1. The molecule has 4 heteroatoms. The predicted octanol–water partition coefficient (Wildman–Crippen LogP) is 1.50. The number of hydrogen-bond donors (Lipinski definition) is 1. The normalized spacial score (nSPS) is 9.44. The van der Waals surface area contributed by atoms with Crippen LogP contribution in [0.25, 0.3) is 0 Å². The van der Waals surface area contributed by atoms with Crippen molar-refractivity contribution in [3.05, 3.63) is 22.4 Å². The zero-order valence-electron chi connectivity index (χ0n) is 4.53. The minimum Gasteiger partial charge on any atom is -0.279 e. The molecule has 0 aliphatic carbocycles. The zero-order chi connectivity index (χ0) is 6.69. The first-order valence-electron chi connectivity index (χ1n) is 2.29. The Balaban J connectivity index is 2.77. The Bertz CT molecular complexity index is 195. The molecule has 1 heterocycles. The van der Waals surface area contributed by atoms with Crippen molar-refractivity contribution in [2.75, 3.05) is 0 Å². The maximum Gasteiger partial charge on any atom is 0.243 e. The van der Waals surface area contributed by atoms with Gasteiger partial charge in [0.1, 0.15) is 0 Å². The fourth-order valence-electron chi connectivity index (χ4n) is 0.453. The van der Waals surface area contributed by atoms with Gasteiger partial charge in [0, 0.05) is 0 Å². The Morgan fingerprint density at radius 3 is 3.00 bits per heavy atom. The van der Waals surface area contributed by atoms with E-state index in [-0.39, 0.29) is 5.12 Å². The van der Waals surface area contributed by atoms with Crippen molar-refractivity contribution in [2.24, 2.45) is 5.14 Å². The molecule has 1 aromatic heterocycles. The van der Waals surface area contributed by atoms with Crippen molar-refractivity contribution in [3.8, 4) is 0 Å². The van der Waals surface area contributed by atoms with Crippen LogP contribution in [-0.4, -0.2) is 5.12 Å². The number of rotatable bonds is 1. The Morgan fingerprint density at radius 2 is 2.56 bits per heavy atom. The Kier molecular flexibility index (Phi) is 2.27. The van der Waals surface area contributed by atoms with E-state index in [1.165, 1.54) is 11.3 Å². The Hall–Kier alpha value is -0.320. The molecular formula is C5H5NOS2. The van der Waals surface area contributed by atoms with Crippen LogP contribution in [0.1, 0.15) is 9.67 Å². The molecular weight excluding hydrogens is 154 g/mol.